The minimum absolute atomic E-state index is 0.0430. The van der Waals surface area contributed by atoms with Crippen LogP contribution in [0.3, 0.4) is 0 Å². The Labute approximate surface area is 131 Å². The fourth-order valence-electron chi connectivity index (χ4n) is 2.73. The lowest BCUT2D eigenvalue weighted by Gasteiger charge is -2.33. The third kappa shape index (κ3) is 4.56. The van der Waals surface area contributed by atoms with Crippen molar-refractivity contribution in [2.24, 2.45) is 7.05 Å². The van der Waals surface area contributed by atoms with Gasteiger partial charge in [-0.25, -0.2) is 0 Å². The van der Waals surface area contributed by atoms with Gasteiger partial charge < -0.3 is 10.6 Å². The molecule has 2 rings (SSSR count). The van der Waals surface area contributed by atoms with Crippen molar-refractivity contribution in [3.8, 4) is 0 Å². The fraction of sp³-hybridized carbons (Fsp3) is 0.667. The van der Waals surface area contributed by atoms with E-state index in [1.807, 2.05) is 31.3 Å². The van der Waals surface area contributed by atoms with Gasteiger partial charge >= 0.3 is 0 Å². The van der Waals surface area contributed by atoms with E-state index in [0.717, 1.165) is 25.9 Å². The maximum Gasteiger partial charge on any atom is 0.237 e. The summed E-state index contributed by atoms with van der Waals surface area (Å²) in [5.74, 6) is -0.106. The maximum atomic E-state index is 12.0. The number of aromatic nitrogens is 2. The van der Waals surface area contributed by atoms with Gasteiger partial charge in [-0.15, -0.1) is 0 Å². The van der Waals surface area contributed by atoms with E-state index in [4.69, 9.17) is 0 Å². The van der Waals surface area contributed by atoms with Gasteiger partial charge in [0.15, 0.2) is 0 Å². The molecule has 0 aliphatic carbocycles. The lowest BCUT2D eigenvalue weighted by atomic mass is 10.1. The van der Waals surface area contributed by atoms with E-state index in [1.165, 1.54) is 5.56 Å². The first-order chi connectivity index (χ1) is 10.6. The summed E-state index contributed by atoms with van der Waals surface area (Å²) in [5.41, 5.74) is 1.17. The highest BCUT2D eigenvalue weighted by Gasteiger charge is 2.30. The lowest BCUT2D eigenvalue weighted by molar-refractivity contribution is -0.133. The molecule has 2 heterocycles. The predicted molar refractivity (Wildman–Crippen MR) is 83.2 cm³/mol. The number of amides is 2. The molecule has 2 N–H and O–H groups in total. The Balaban J connectivity index is 1.69. The first-order valence-electron chi connectivity index (χ1n) is 7.86. The molecule has 0 saturated carbocycles. The molecule has 122 valence electrons. The zero-order chi connectivity index (χ0) is 15.9. The van der Waals surface area contributed by atoms with Crippen LogP contribution in [0.5, 0.6) is 0 Å². The molecular formula is C15H25N5O2. The second-order valence-corrected chi connectivity index (χ2v) is 5.62. The fourth-order valence-corrected chi connectivity index (χ4v) is 2.73. The molecule has 1 aromatic heterocycles. The van der Waals surface area contributed by atoms with Gasteiger partial charge in [0.1, 0.15) is 0 Å². The molecular weight excluding hydrogens is 282 g/mol. The Morgan fingerprint density at radius 1 is 1.55 bits per heavy atom. The van der Waals surface area contributed by atoms with Crippen LogP contribution in [0.25, 0.3) is 0 Å². The molecule has 1 aromatic rings. The van der Waals surface area contributed by atoms with Crippen molar-refractivity contribution in [3.05, 3.63) is 18.0 Å². The molecule has 1 aliphatic rings. The number of rotatable bonds is 7. The van der Waals surface area contributed by atoms with Gasteiger partial charge in [-0.1, -0.05) is 6.92 Å². The standard InChI is InChI=1S/C15H25N5O2/c1-3-20-8-7-17-15(22)13(20)9-14(21)16-6-4-5-12-10-18-19(2)11-12/h10-11,13H,3-9H2,1-2H3,(H,16,21)(H,17,22)/t13-/m0/s1. The lowest BCUT2D eigenvalue weighted by Crippen LogP contribution is -2.56. The molecule has 2 amide bonds. The minimum Gasteiger partial charge on any atom is -0.356 e. The van der Waals surface area contributed by atoms with E-state index in [2.05, 4.69) is 15.7 Å². The van der Waals surface area contributed by atoms with Crippen molar-refractivity contribution in [2.75, 3.05) is 26.2 Å². The summed E-state index contributed by atoms with van der Waals surface area (Å²) < 4.78 is 1.77. The number of hydrogen-bond donors (Lipinski definition) is 2. The molecule has 0 unspecified atom stereocenters. The topological polar surface area (TPSA) is 79.3 Å². The van der Waals surface area contributed by atoms with Crippen molar-refractivity contribution in [1.29, 1.82) is 0 Å². The van der Waals surface area contributed by atoms with Gasteiger partial charge in [-0.3, -0.25) is 19.2 Å². The van der Waals surface area contributed by atoms with Crippen LogP contribution in [0.4, 0.5) is 0 Å². The number of hydrogen-bond acceptors (Lipinski definition) is 4. The van der Waals surface area contributed by atoms with Gasteiger partial charge in [0, 0.05) is 32.9 Å². The Bertz CT molecular complexity index is 514. The Morgan fingerprint density at radius 2 is 2.36 bits per heavy atom. The molecule has 7 heteroatoms. The molecule has 22 heavy (non-hydrogen) atoms. The van der Waals surface area contributed by atoms with E-state index >= 15 is 0 Å². The van der Waals surface area contributed by atoms with Crippen LogP contribution in [0.2, 0.25) is 0 Å². The number of carbonyl (C=O) groups excluding carboxylic acids is 2. The van der Waals surface area contributed by atoms with Crippen LogP contribution < -0.4 is 10.6 Å². The smallest absolute Gasteiger partial charge is 0.237 e. The molecule has 0 aromatic carbocycles. The first-order valence-corrected chi connectivity index (χ1v) is 7.86. The van der Waals surface area contributed by atoms with E-state index in [-0.39, 0.29) is 24.3 Å². The zero-order valence-corrected chi connectivity index (χ0v) is 13.3. The Morgan fingerprint density at radius 3 is 3.05 bits per heavy atom. The van der Waals surface area contributed by atoms with Crippen molar-refractivity contribution >= 4 is 11.8 Å². The monoisotopic (exact) mass is 307 g/mol. The molecule has 7 nitrogen and oxygen atoms in total. The summed E-state index contributed by atoms with van der Waals surface area (Å²) in [7, 11) is 1.89. The van der Waals surface area contributed by atoms with Crippen LogP contribution >= 0.6 is 0 Å². The summed E-state index contributed by atoms with van der Waals surface area (Å²) >= 11 is 0. The highest BCUT2D eigenvalue weighted by molar-refractivity contribution is 5.88. The molecule has 0 spiro atoms. The summed E-state index contributed by atoms with van der Waals surface area (Å²) in [4.78, 5) is 25.9. The Hall–Kier alpha value is -1.89. The highest BCUT2D eigenvalue weighted by Crippen LogP contribution is 2.08. The average Bonchev–Trinajstić information content (AvgIpc) is 2.91. The Kier molecular flexibility index (Phi) is 5.94. The van der Waals surface area contributed by atoms with Crippen LogP contribution in [0.15, 0.2) is 12.4 Å². The number of nitrogens with one attached hydrogen (secondary N) is 2. The second-order valence-electron chi connectivity index (χ2n) is 5.62. The van der Waals surface area contributed by atoms with Gasteiger partial charge in [0.2, 0.25) is 11.8 Å². The average molecular weight is 307 g/mol. The molecule has 1 atom stereocenters. The van der Waals surface area contributed by atoms with Crippen molar-refractivity contribution < 1.29 is 9.59 Å². The quantitative estimate of drug-likeness (QED) is 0.677. The van der Waals surface area contributed by atoms with Crippen LogP contribution in [0.1, 0.15) is 25.3 Å². The summed E-state index contributed by atoms with van der Waals surface area (Å²) in [6, 6.07) is -0.336. The third-order valence-corrected chi connectivity index (χ3v) is 3.95. The first kappa shape index (κ1) is 16.5. The van der Waals surface area contributed by atoms with E-state index in [9.17, 15) is 9.59 Å². The molecule has 1 fully saturated rings. The molecule has 1 saturated heterocycles. The van der Waals surface area contributed by atoms with E-state index in [1.54, 1.807) is 4.68 Å². The third-order valence-electron chi connectivity index (χ3n) is 3.95. The van der Waals surface area contributed by atoms with Gasteiger partial charge in [0.05, 0.1) is 18.7 Å². The minimum atomic E-state index is -0.336. The van der Waals surface area contributed by atoms with Crippen LogP contribution in [-0.4, -0.2) is 58.7 Å². The highest BCUT2D eigenvalue weighted by atomic mass is 16.2. The second kappa shape index (κ2) is 7.93. The molecule has 0 radical (unpaired) electrons. The molecule has 0 bridgehead atoms. The summed E-state index contributed by atoms with van der Waals surface area (Å²) in [6.07, 6.45) is 5.80. The molecule has 1 aliphatic heterocycles. The van der Waals surface area contributed by atoms with Gasteiger partial charge in [-0.2, -0.15) is 5.10 Å². The summed E-state index contributed by atoms with van der Waals surface area (Å²) in [5, 5.41) is 9.84. The summed E-state index contributed by atoms with van der Waals surface area (Å²) in [6.45, 7) is 4.88. The van der Waals surface area contributed by atoms with E-state index < -0.39 is 0 Å². The SMILES string of the molecule is CCN1CCNC(=O)[C@@H]1CC(=O)NCCCc1cnn(C)c1. The number of aryl methyl sites for hydroxylation is 2. The van der Waals surface area contributed by atoms with Crippen LogP contribution in [0, 0.1) is 0 Å². The normalized spacial score (nSPS) is 19.0. The van der Waals surface area contributed by atoms with Crippen molar-refractivity contribution in [1.82, 2.24) is 25.3 Å². The van der Waals surface area contributed by atoms with Crippen molar-refractivity contribution in [3.63, 3.8) is 0 Å². The predicted octanol–water partition coefficient (Wildman–Crippen LogP) is -0.321. The van der Waals surface area contributed by atoms with Gasteiger partial charge in [0.25, 0.3) is 0 Å². The number of nitrogens with zero attached hydrogens (tertiary/aromatic N) is 3. The van der Waals surface area contributed by atoms with E-state index in [0.29, 0.717) is 13.1 Å². The maximum absolute atomic E-state index is 12.0. The largest absolute Gasteiger partial charge is 0.356 e. The number of likely N-dealkylation sites (N-methyl/N-ethyl adjacent to an activating group) is 1. The van der Waals surface area contributed by atoms with Crippen molar-refractivity contribution in [2.45, 2.75) is 32.2 Å². The zero-order valence-electron chi connectivity index (χ0n) is 13.3. The number of piperazine rings is 1. The van der Waals surface area contributed by atoms with Gasteiger partial charge in [-0.05, 0) is 24.9 Å². The number of carbonyl (C=O) groups is 2. The van der Waals surface area contributed by atoms with Crippen LogP contribution in [-0.2, 0) is 23.1 Å².